The number of nitrogens with zero attached hydrogens (tertiary/aromatic N) is 2. The van der Waals surface area contributed by atoms with Gasteiger partial charge in [-0.2, -0.15) is 0 Å². The van der Waals surface area contributed by atoms with Gasteiger partial charge in [0.2, 0.25) is 5.82 Å². The number of ether oxygens (including phenoxy) is 1. The molecule has 2 rings (SSSR count). The van der Waals surface area contributed by atoms with E-state index < -0.39 is 5.97 Å². The van der Waals surface area contributed by atoms with E-state index in [-0.39, 0.29) is 5.82 Å². The predicted octanol–water partition coefficient (Wildman–Crippen LogP) is 1.80. The highest BCUT2D eigenvalue weighted by Crippen LogP contribution is 2.13. The van der Waals surface area contributed by atoms with Gasteiger partial charge in [-0.25, -0.2) is 14.8 Å². The monoisotopic (exact) mass is 259 g/mol. The van der Waals surface area contributed by atoms with Crippen molar-refractivity contribution in [2.75, 3.05) is 12.4 Å². The topological polar surface area (TPSA) is 84.3 Å². The standard InChI is InChI=1S/C13H13N3O3/c1-19-10-4-2-3-9(7-10)8-15-11-5-6-14-12(16-11)13(17)18/h2-7H,8H2,1H3,(H,17,18)(H,14,15,16). The van der Waals surface area contributed by atoms with Gasteiger partial charge in [0.1, 0.15) is 11.6 Å². The molecule has 1 aromatic carbocycles. The first kappa shape index (κ1) is 12.8. The molecule has 98 valence electrons. The van der Waals surface area contributed by atoms with E-state index in [1.54, 1.807) is 13.2 Å². The summed E-state index contributed by atoms with van der Waals surface area (Å²) in [6.45, 7) is 0.521. The second-order valence-electron chi connectivity index (χ2n) is 3.78. The fourth-order valence-electron chi connectivity index (χ4n) is 1.54. The van der Waals surface area contributed by atoms with E-state index >= 15 is 0 Å². The molecular formula is C13H13N3O3. The van der Waals surface area contributed by atoms with Crippen LogP contribution in [-0.2, 0) is 6.54 Å². The Morgan fingerprint density at radius 2 is 2.26 bits per heavy atom. The van der Waals surface area contributed by atoms with Crippen molar-refractivity contribution < 1.29 is 14.6 Å². The maximum Gasteiger partial charge on any atom is 0.374 e. The molecule has 0 aliphatic rings. The summed E-state index contributed by atoms with van der Waals surface area (Å²) in [6, 6.07) is 9.20. The van der Waals surface area contributed by atoms with E-state index in [4.69, 9.17) is 9.84 Å². The van der Waals surface area contributed by atoms with Crippen LogP contribution in [-0.4, -0.2) is 28.2 Å². The van der Waals surface area contributed by atoms with Crippen LogP contribution in [0.15, 0.2) is 36.5 Å². The van der Waals surface area contributed by atoms with Gasteiger partial charge in [-0.05, 0) is 23.8 Å². The SMILES string of the molecule is COc1cccc(CNc2ccnc(C(=O)O)n2)c1. The van der Waals surface area contributed by atoms with Crippen molar-refractivity contribution in [3.63, 3.8) is 0 Å². The van der Waals surface area contributed by atoms with Crippen molar-refractivity contribution in [1.82, 2.24) is 9.97 Å². The van der Waals surface area contributed by atoms with E-state index in [0.717, 1.165) is 11.3 Å². The van der Waals surface area contributed by atoms with Crippen molar-refractivity contribution in [2.24, 2.45) is 0 Å². The van der Waals surface area contributed by atoms with Crippen molar-refractivity contribution in [2.45, 2.75) is 6.54 Å². The predicted molar refractivity (Wildman–Crippen MR) is 69.3 cm³/mol. The van der Waals surface area contributed by atoms with Crippen LogP contribution in [0.1, 0.15) is 16.2 Å². The summed E-state index contributed by atoms with van der Waals surface area (Å²) in [5, 5.41) is 11.8. The summed E-state index contributed by atoms with van der Waals surface area (Å²) in [5.41, 5.74) is 1.01. The molecule has 1 heterocycles. The molecule has 2 N–H and O–H groups in total. The lowest BCUT2D eigenvalue weighted by Crippen LogP contribution is -2.07. The molecule has 0 aliphatic heterocycles. The smallest absolute Gasteiger partial charge is 0.374 e. The van der Waals surface area contributed by atoms with Crippen LogP contribution >= 0.6 is 0 Å². The number of anilines is 1. The normalized spacial score (nSPS) is 9.95. The lowest BCUT2D eigenvalue weighted by Gasteiger charge is -2.07. The Balaban J connectivity index is 2.05. The molecule has 0 spiro atoms. The molecule has 6 nitrogen and oxygen atoms in total. The van der Waals surface area contributed by atoms with Crippen molar-refractivity contribution >= 4 is 11.8 Å². The summed E-state index contributed by atoms with van der Waals surface area (Å²) in [4.78, 5) is 18.3. The van der Waals surface area contributed by atoms with Gasteiger partial charge in [0, 0.05) is 12.7 Å². The molecule has 0 saturated carbocycles. The van der Waals surface area contributed by atoms with E-state index in [0.29, 0.717) is 12.4 Å². The molecule has 0 aliphatic carbocycles. The number of hydrogen-bond acceptors (Lipinski definition) is 5. The second-order valence-corrected chi connectivity index (χ2v) is 3.78. The van der Waals surface area contributed by atoms with Crippen molar-refractivity contribution in [3.8, 4) is 5.75 Å². The summed E-state index contributed by atoms with van der Waals surface area (Å²) in [7, 11) is 1.61. The Morgan fingerprint density at radius 3 is 3.00 bits per heavy atom. The number of carboxylic acids is 1. The van der Waals surface area contributed by atoms with Gasteiger partial charge in [0.05, 0.1) is 7.11 Å². The molecule has 0 radical (unpaired) electrons. The third-order valence-electron chi connectivity index (χ3n) is 2.45. The molecule has 2 aromatic rings. The molecule has 0 fully saturated rings. The number of carboxylic acid groups (broad SMARTS) is 1. The van der Waals surface area contributed by atoms with E-state index in [9.17, 15) is 4.79 Å². The minimum Gasteiger partial charge on any atom is -0.497 e. The van der Waals surface area contributed by atoms with Gasteiger partial charge >= 0.3 is 5.97 Å². The number of methoxy groups -OCH3 is 1. The van der Waals surface area contributed by atoms with Crippen LogP contribution < -0.4 is 10.1 Å². The second kappa shape index (κ2) is 5.81. The number of rotatable bonds is 5. The maximum atomic E-state index is 10.7. The first-order valence-corrected chi connectivity index (χ1v) is 5.62. The molecular weight excluding hydrogens is 246 g/mol. The average Bonchev–Trinajstić information content (AvgIpc) is 2.45. The molecule has 0 amide bonds. The Hall–Kier alpha value is -2.63. The highest BCUT2D eigenvalue weighted by Gasteiger charge is 2.06. The fraction of sp³-hybridized carbons (Fsp3) is 0.154. The van der Waals surface area contributed by atoms with Gasteiger partial charge in [-0.15, -0.1) is 0 Å². The van der Waals surface area contributed by atoms with Gasteiger partial charge in [0.15, 0.2) is 0 Å². The van der Waals surface area contributed by atoms with Crippen LogP contribution in [0.2, 0.25) is 0 Å². The number of aromatic nitrogens is 2. The van der Waals surface area contributed by atoms with Crippen LogP contribution in [0, 0.1) is 0 Å². The lowest BCUT2D eigenvalue weighted by molar-refractivity contribution is 0.0683. The minimum absolute atomic E-state index is 0.226. The highest BCUT2D eigenvalue weighted by atomic mass is 16.5. The lowest BCUT2D eigenvalue weighted by atomic mass is 10.2. The zero-order valence-corrected chi connectivity index (χ0v) is 10.3. The number of carbonyl (C=O) groups is 1. The molecule has 0 atom stereocenters. The number of benzene rings is 1. The summed E-state index contributed by atoms with van der Waals surface area (Å²) >= 11 is 0. The Bertz CT molecular complexity index is 587. The number of nitrogens with one attached hydrogen (secondary N) is 1. The Kier molecular flexibility index (Phi) is 3.92. The largest absolute Gasteiger partial charge is 0.497 e. The first-order valence-electron chi connectivity index (χ1n) is 5.62. The van der Waals surface area contributed by atoms with Crippen molar-refractivity contribution in [3.05, 3.63) is 47.9 Å². The molecule has 19 heavy (non-hydrogen) atoms. The minimum atomic E-state index is -1.15. The van der Waals surface area contributed by atoms with Gasteiger partial charge < -0.3 is 15.2 Å². The maximum absolute atomic E-state index is 10.7. The van der Waals surface area contributed by atoms with Gasteiger partial charge in [0.25, 0.3) is 0 Å². The summed E-state index contributed by atoms with van der Waals surface area (Å²) in [5.74, 6) is -0.135. The summed E-state index contributed by atoms with van der Waals surface area (Å²) in [6.07, 6.45) is 1.41. The first-order chi connectivity index (χ1) is 9.19. The fourth-order valence-corrected chi connectivity index (χ4v) is 1.54. The number of aromatic carboxylic acids is 1. The third kappa shape index (κ3) is 3.41. The zero-order valence-electron chi connectivity index (χ0n) is 10.3. The van der Waals surface area contributed by atoms with Crippen LogP contribution in [0.5, 0.6) is 5.75 Å². The highest BCUT2D eigenvalue weighted by molar-refractivity contribution is 5.83. The number of hydrogen-bond donors (Lipinski definition) is 2. The van der Waals surface area contributed by atoms with Crippen LogP contribution in [0.25, 0.3) is 0 Å². The summed E-state index contributed by atoms with van der Waals surface area (Å²) < 4.78 is 5.13. The van der Waals surface area contributed by atoms with Crippen LogP contribution in [0.4, 0.5) is 5.82 Å². The zero-order chi connectivity index (χ0) is 13.7. The molecule has 6 heteroatoms. The molecule has 0 unspecified atom stereocenters. The third-order valence-corrected chi connectivity index (χ3v) is 2.45. The molecule has 0 saturated heterocycles. The van der Waals surface area contributed by atoms with Gasteiger partial charge in [-0.1, -0.05) is 12.1 Å². The molecule has 1 aromatic heterocycles. The van der Waals surface area contributed by atoms with E-state index in [2.05, 4.69) is 15.3 Å². The Labute approximate surface area is 110 Å². The average molecular weight is 259 g/mol. The van der Waals surface area contributed by atoms with Crippen LogP contribution in [0.3, 0.4) is 0 Å². The van der Waals surface area contributed by atoms with E-state index in [1.165, 1.54) is 6.20 Å². The quantitative estimate of drug-likeness (QED) is 0.851. The molecule has 0 bridgehead atoms. The van der Waals surface area contributed by atoms with Gasteiger partial charge in [-0.3, -0.25) is 0 Å². The Morgan fingerprint density at radius 1 is 1.42 bits per heavy atom. The van der Waals surface area contributed by atoms with Crippen molar-refractivity contribution in [1.29, 1.82) is 0 Å². The van der Waals surface area contributed by atoms with E-state index in [1.807, 2.05) is 24.3 Å².